The number of phenols is 1. The topological polar surface area (TPSA) is 20.2 Å². The monoisotopic (exact) mass is 296 g/mol. The minimum absolute atomic E-state index is 0.312. The fraction of sp³-hybridized carbons (Fsp3) is 0.333. The normalized spacial score (nSPS) is 10.2. The third-order valence-corrected chi connectivity index (χ3v) is 2.77. The molecule has 0 saturated carbocycles. The van der Waals surface area contributed by atoms with E-state index in [9.17, 15) is 5.11 Å². The Labute approximate surface area is 90.9 Å². The third-order valence-electron chi connectivity index (χ3n) is 1.65. The van der Waals surface area contributed by atoms with Crippen molar-refractivity contribution in [1.82, 2.24) is 0 Å². The molecule has 3 heteroatoms. The number of benzene rings is 1. The number of rotatable bonds is 3. The van der Waals surface area contributed by atoms with Gasteiger partial charge in [-0.05, 0) is 29.4 Å². The second-order valence-electron chi connectivity index (χ2n) is 2.53. The Balaban J connectivity index is 2.81. The van der Waals surface area contributed by atoms with Gasteiger partial charge in [0.05, 0.1) is 0 Å². The van der Waals surface area contributed by atoms with Crippen molar-refractivity contribution in [2.24, 2.45) is 0 Å². The number of alkyl halides is 1. The highest BCUT2D eigenvalue weighted by Gasteiger charge is 2.04. The zero-order valence-corrected chi connectivity index (χ0v) is 9.47. The predicted molar refractivity (Wildman–Crippen MR) is 60.3 cm³/mol. The quantitative estimate of drug-likeness (QED) is 0.669. The Morgan fingerprint density at radius 1 is 1.42 bits per heavy atom. The molecule has 0 heterocycles. The van der Waals surface area contributed by atoms with Crippen LogP contribution in [0, 0.1) is 0 Å². The van der Waals surface area contributed by atoms with Crippen molar-refractivity contribution in [3.05, 3.63) is 28.8 Å². The minimum Gasteiger partial charge on any atom is -0.508 e. The molecule has 0 aliphatic carbocycles. The molecule has 12 heavy (non-hydrogen) atoms. The van der Waals surface area contributed by atoms with Gasteiger partial charge in [0.15, 0.2) is 0 Å². The van der Waals surface area contributed by atoms with Crippen molar-refractivity contribution in [2.45, 2.75) is 12.8 Å². The number of hydrogen-bond donors (Lipinski definition) is 1. The lowest BCUT2D eigenvalue weighted by molar-refractivity contribution is 0.468. The average Bonchev–Trinajstić information content (AvgIpc) is 2.04. The van der Waals surface area contributed by atoms with Gasteiger partial charge >= 0.3 is 0 Å². The summed E-state index contributed by atoms with van der Waals surface area (Å²) in [7, 11) is 0. The molecule has 0 unspecified atom stereocenters. The Bertz CT molecular complexity index is 242. The summed E-state index contributed by atoms with van der Waals surface area (Å²) in [4.78, 5) is 0. The van der Waals surface area contributed by atoms with Crippen LogP contribution < -0.4 is 0 Å². The van der Waals surface area contributed by atoms with Gasteiger partial charge in [-0.3, -0.25) is 0 Å². The van der Waals surface area contributed by atoms with E-state index in [0.29, 0.717) is 10.8 Å². The second-order valence-corrected chi connectivity index (χ2v) is 4.02. The smallest absolute Gasteiger partial charge is 0.120 e. The van der Waals surface area contributed by atoms with Crippen LogP contribution in [0.3, 0.4) is 0 Å². The molecule has 0 spiro atoms. The first kappa shape index (κ1) is 10.1. The molecule has 1 aromatic rings. The molecule has 1 aromatic carbocycles. The molecule has 0 aliphatic rings. The summed E-state index contributed by atoms with van der Waals surface area (Å²) in [6.07, 6.45) is 1.91. The van der Waals surface area contributed by atoms with Gasteiger partial charge in [0.25, 0.3) is 0 Å². The van der Waals surface area contributed by atoms with E-state index >= 15 is 0 Å². The Morgan fingerprint density at radius 2 is 2.17 bits per heavy atom. The van der Waals surface area contributed by atoms with Crippen molar-refractivity contribution in [3.63, 3.8) is 0 Å². The van der Waals surface area contributed by atoms with Gasteiger partial charge in [-0.15, -0.1) is 0 Å². The summed E-state index contributed by atoms with van der Waals surface area (Å²) >= 11 is 8.22. The SMILES string of the molecule is Oc1cccc(Cl)c1CCCI. The maximum Gasteiger partial charge on any atom is 0.120 e. The minimum atomic E-state index is 0.312. The van der Waals surface area contributed by atoms with Gasteiger partial charge in [0, 0.05) is 10.6 Å². The third kappa shape index (κ3) is 2.52. The molecule has 0 radical (unpaired) electrons. The second kappa shape index (κ2) is 4.92. The summed E-state index contributed by atoms with van der Waals surface area (Å²) in [5, 5.41) is 10.1. The summed E-state index contributed by atoms with van der Waals surface area (Å²) < 4.78 is 1.09. The van der Waals surface area contributed by atoms with Crippen molar-refractivity contribution in [2.75, 3.05) is 4.43 Å². The number of aromatic hydroxyl groups is 1. The van der Waals surface area contributed by atoms with Crippen molar-refractivity contribution < 1.29 is 5.11 Å². The zero-order chi connectivity index (χ0) is 8.97. The lowest BCUT2D eigenvalue weighted by Crippen LogP contribution is -1.88. The van der Waals surface area contributed by atoms with E-state index in [2.05, 4.69) is 22.6 Å². The molecule has 1 rings (SSSR count). The lowest BCUT2D eigenvalue weighted by Gasteiger charge is -2.04. The van der Waals surface area contributed by atoms with Gasteiger partial charge in [0.1, 0.15) is 5.75 Å². The van der Waals surface area contributed by atoms with Gasteiger partial charge < -0.3 is 5.11 Å². The Hall–Kier alpha value is 0.0400. The lowest BCUT2D eigenvalue weighted by atomic mass is 10.1. The van der Waals surface area contributed by atoms with Crippen LogP contribution in [0.4, 0.5) is 0 Å². The van der Waals surface area contributed by atoms with Gasteiger partial charge in [-0.25, -0.2) is 0 Å². The van der Waals surface area contributed by atoms with E-state index in [1.807, 2.05) is 6.07 Å². The molecule has 0 bridgehead atoms. The van der Waals surface area contributed by atoms with E-state index in [4.69, 9.17) is 11.6 Å². The molecule has 0 aliphatic heterocycles. The maximum atomic E-state index is 9.43. The number of halogens is 2. The highest BCUT2D eigenvalue weighted by Crippen LogP contribution is 2.26. The molecule has 0 atom stereocenters. The van der Waals surface area contributed by atoms with Crippen LogP contribution in [0.1, 0.15) is 12.0 Å². The summed E-state index contributed by atoms with van der Waals surface area (Å²) in [5.41, 5.74) is 0.871. The average molecular weight is 297 g/mol. The van der Waals surface area contributed by atoms with Crippen molar-refractivity contribution >= 4 is 34.2 Å². The predicted octanol–water partition coefficient (Wildman–Crippen LogP) is 3.41. The first-order valence-electron chi connectivity index (χ1n) is 3.78. The van der Waals surface area contributed by atoms with Crippen LogP contribution in [-0.2, 0) is 6.42 Å². The summed E-state index contributed by atoms with van der Waals surface area (Å²) in [6, 6.07) is 5.24. The molecule has 1 nitrogen and oxygen atoms in total. The molecular weight excluding hydrogens is 286 g/mol. The largest absolute Gasteiger partial charge is 0.508 e. The molecule has 0 fully saturated rings. The first-order chi connectivity index (χ1) is 5.75. The summed E-state index contributed by atoms with van der Waals surface area (Å²) in [5.74, 6) is 0.312. The molecule has 66 valence electrons. The van der Waals surface area contributed by atoms with Gasteiger partial charge in [-0.1, -0.05) is 40.3 Å². The Morgan fingerprint density at radius 3 is 2.75 bits per heavy atom. The van der Waals surface area contributed by atoms with Gasteiger partial charge in [-0.2, -0.15) is 0 Å². The van der Waals surface area contributed by atoms with Crippen LogP contribution in [0.25, 0.3) is 0 Å². The number of hydrogen-bond acceptors (Lipinski definition) is 1. The highest BCUT2D eigenvalue weighted by molar-refractivity contribution is 14.1. The standard InChI is InChI=1S/C9H10ClIO/c10-8-4-1-5-9(12)7(8)3-2-6-11/h1,4-5,12H,2-3,6H2. The van der Waals surface area contributed by atoms with Crippen molar-refractivity contribution in [1.29, 1.82) is 0 Å². The zero-order valence-electron chi connectivity index (χ0n) is 6.56. The first-order valence-corrected chi connectivity index (χ1v) is 5.68. The van der Waals surface area contributed by atoms with Gasteiger partial charge in [0.2, 0.25) is 0 Å². The van der Waals surface area contributed by atoms with E-state index in [0.717, 1.165) is 22.8 Å². The molecular formula is C9H10ClIO. The number of phenolic OH excluding ortho intramolecular Hbond substituents is 1. The van der Waals surface area contributed by atoms with Crippen molar-refractivity contribution in [3.8, 4) is 5.75 Å². The van der Waals surface area contributed by atoms with Crippen LogP contribution in [0.15, 0.2) is 18.2 Å². The maximum absolute atomic E-state index is 9.43. The fourth-order valence-electron chi connectivity index (χ4n) is 1.04. The molecule has 0 aromatic heterocycles. The fourth-order valence-corrected chi connectivity index (χ4v) is 1.68. The summed E-state index contributed by atoms with van der Waals surface area (Å²) in [6.45, 7) is 0. The van der Waals surface area contributed by atoms with Crippen LogP contribution >= 0.6 is 34.2 Å². The van der Waals surface area contributed by atoms with Crippen LogP contribution in [0.2, 0.25) is 5.02 Å². The molecule has 1 N–H and O–H groups in total. The van der Waals surface area contributed by atoms with E-state index in [1.165, 1.54) is 0 Å². The van der Waals surface area contributed by atoms with E-state index in [1.54, 1.807) is 12.1 Å². The Kier molecular flexibility index (Phi) is 4.15. The van der Waals surface area contributed by atoms with Crippen LogP contribution in [0.5, 0.6) is 5.75 Å². The highest BCUT2D eigenvalue weighted by atomic mass is 127. The molecule has 0 saturated heterocycles. The van der Waals surface area contributed by atoms with Crippen LogP contribution in [-0.4, -0.2) is 9.53 Å². The molecule has 0 amide bonds. The van der Waals surface area contributed by atoms with E-state index in [-0.39, 0.29) is 0 Å². The van der Waals surface area contributed by atoms with E-state index < -0.39 is 0 Å².